The number of hydrogen-bond donors (Lipinski definition) is 2. The molecule has 0 aliphatic rings. The van der Waals surface area contributed by atoms with Gasteiger partial charge >= 0.3 is 119 Å². The van der Waals surface area contributed by atoms with E-state index < -0.39 is 10.4 Å². The zero-order valence-electron chi connectivity index (χ0n) is 13.5. The molecule has 4 nitrogen and oxygen atoms in total. The standard InChI is InChI=1S/C14H29.Na.H2O4S/c1-4-6-8-10-12-14(3)13-11-9-7-5-2;;1-5(2,3)4/h14H,1,4-13H2,2-3H3;;(H2,1,2,3,4). The van der Waals surface area contributed by atoms with Crippen molar-refractivity contribution >= 4 is 38.3 Å². The average Bonchev–Trinajstić information content (AvgIpc) is 2.32. The van der Waals surface area contributed by atoms with Crippen LogP contribution in [0.2, 0.25) is 3.67 Å². The van der Waals surface area contributed by atoms with Crippen molar-refractivity contribution in [3.05, 3.63) is 0 Å². The summed E-state index contributed by atoms with van der Waals surface area (Å²) >= 11 is 1.41. The molecule has 1 unspecified atom stereocenters. The Hall–Kier alpha value is 0.870. The summed E-state index contributed by atoms with van der Waals surface area (Å²) in [7, 11) is -4.67. The van der Waals surface area contributed by atoms with Crippen LogP contribution >= 0.6 is 0 Å². The summed E-state index contributed by atoms with van der Waals surface area (Å²) in [6.07, 6.45) is 14.6. The van der Waals surface area contributed by atoms with Crippen molar-refractivity contribution in [3.8, 4) is 0 Å². The van der Waals surface area contributed by atoms with Gasteiger partial charge in [-0.3, -0.25) is 9.11 Å². The van der Waals surface area contributed by atoms with Gasteiger partial charge in [-0.25, -0.2) is 0 Å². The van der Waals surface area contributed by atoms with Gasteiger partial charge in [-0.1, -0.05) is 6.92 Å². The molecule has 0 aliphatic heterocycles. The molecule has 0 aromatic carbocycles. The predicted octanol–water partition coefficient (Wildman–Crippen LogP) is 4.48. The summed E-state index contributed by atoms with van der Waals surface area (Å²) in [5, 5.41) is 0. The fourth-order valence-corrected chi connectivity index (χ4v) is 2.66. The SMILES string of the molecule is CCCCCCC(C)CCCCC[CH2][Na].O=S(=O)(O)O. The third kappa shape index (κ3) is 31.3. The third-order valence-corrected chi connectivity index (χ3v) is 4.06. The molecule has 118 valence electrons. The topological polar surface area (TPSA) is 74.6 Å². The predicted molar refractivity (Wildman–Crippen MR) is 85.7 cm³/mol. The number of rotatable bonds is 11. The van der Waals surface area contributed by atoms with E-state index in [2.05, 4.69) is 13.8 Å². The van der Waals surface area contributed by atoms with E-state index in [0.717, 1.165) is 5.92 Å². The van der Waals surface area contributed by atoms with Crippen LogP contribution in [0.3, 0.4) is 0 Å². The van der Waals surface area contributed by atoms with Crippen LogP contribution in [0.25, 0.3) is 0 Å². The molecular weight excluding hydrogens is 287 g/mol. The van der Waals surface area contributed by atoms with Gasteiger partial charge in [0, 0.05) is 0 Å². The van der Waals surface area contributed by atoms with Gasteiger partial charge in [0.1, 0.15) is 0 Å². The van der Waals surface area contributed by atoms with Crippen LogP contribution in [0.5, 0.6) is 0 Å². The minimum Gasteiger partial charge on any atom is -0.264 e. The Morgan fingerprint density at radius 3 is 1.70 bits per heavy atom. The first kappa shape index (κ1) is 23.1. The number of unbranched alkanes of at least 4 members (excludes halogenated alkanes) is 6. The van der Waals surface area contributed by atoms with Crippen LogP contribution in [0.15, 0.2) is 0 Å². The van der Waals surface area contributed by atoms with E-state index in [1.54, 1.807) is 0 Å². The van der Waals surface area contributed by atoms with Crippen LogP contribution in [-0.4, -0.2) is 45.5 Å². The smallest absolute Gasteiger partial charge is 0.264 e. The number of hydrogen-bond acceptors (Lipinski definition) is 2. The molecule has 0 aliphatic carbocycles. The second-order valence-corrected chi connectivity index (χ2v) is 7.50. The molecule has 0 aromatic rings. The molecule has 0 aromatic heterocycles. The monoisotopic (exact) mass is 318 g/mol. The summed E-state index contributed by atoms with van der Waals surface area (Å²) < 4.78 is 33.1. The Balaban J connectivity index is 0. The van der Waals surface area contributed by atoms with E-state index in [0.29, 0.717) is 0 Å². The van der Waals surface area contributed by atoms with Crippen molar-refractivity contribution in [1.29, 1.82) is 0 Å². The maximum absolute atomic E-state index is 8.74. The molecule has 0 saturated heterocycles. The van der Waals surface area contributed by atoms with Crippen LogP contribution < -0.4 is 0 Å². The second kappa shape index (κ2) is 16.2. The van der Waals surface area contributed by atoms with Crippen molar-refractivity contribution in [2.24, 2.45) is 5.92 Å². The average molecular weight is 318 g/mol. The Bertz CT molecular complexity index is 273. The summed E-state index contributed by atoms with van der Waals surface area (Å²) in [6.45, 7) is 4.73. The Morgan fingerprint density at radius 1 is 0.900 bits per heavy atom. The Morgan fingerprint density at radius 2 is 1.30 bits per heavy atom. The molecule has 0 heterocycles. The molecular formula is C14H31NaO4S. The largest absolute Gasteiger partial charge is 0.394 e. The summed E-state index contributed by atoms with van der Waals surface area (Å²) in [6, 6.07) is 0. The fraction of sp³-hybridized carbons (Fsp3) is 1.00. The Kier molecular flexibility index (Phi) is 18.8. The summed E-state index contributed by atoms with van der Waals surface area (Å²) in [5.41, 5.74) is 0. The van der Waals surface area contributed by atoms with E-state index in [1.165, 1.54) is 95.8 Å². The minimum absolute atomic E-state index is 0.984. The quantitative estimate of drug-likeness (QED) is 0.335. The molecule has 6 heteroatoms. The van der Waals surface area contributed by atoms with Gasteiger partial charge < -0.3 is 0 Å². The molecule has 0 amide bonds. The van der Waals surface area contributed by atoms with Crippen molar-refractivity contribution < 1.29 is 17.5 Å². The minimum atomic E-state index is -4.67. The molecule has 2 N–H and O–H groups in total. The van der Waals surface area contributed by atoms with Gasteiger partial charge in [0.15, 0.2) is 0 Å². The molecule has 0 saturated carbocycles. The van der Waals surface area contributed by atoms with Crippen molar-refractivity contribution in [2.45, 2.75) is 81.7 Å². The molecule has 0 fully saturated rings. The third-order valence-electron chi connectivity index (χ3n) is 3.35. The summed E-state index contributed by atoms with van der Waals surface area (Å²) in [4.78, 5) is 0. The van der Waals surface area contributed by atoms with Crippen LogP contribution in [0.1, 0.15) is 78.1 Å². The fourth-order valence-electron chi connectivity index (χ4n) is 2.16. The van der Waals surface area contributed by atoms with Crippen LogP contribution in [-0.2, 0) is 10.4 Å². The summed E-state index contributed by atoms with van der Waals surface area (Å²) in [5.74, 6) is 0.984. The van der Waals surface area contributed by atoms with Crippen molar-refractivity contribution in [3.63, 3.8) is 0 Å². The Labute approximate surface area is 143 Å². The molecule has 1 atom stereocenters. The van der Waals surface area contributed by atoms with E-state index >= 15 is 0 Å². The van der Waals surface area contributed by atoms with E-state index in [1.807, 2.05) is 0 Å². The van der Waals surface area contributed by atoms with Crippen molar-refractivity contribution in [1.82, 2.24) is 0 Å². The molecule has 0 radical (unpaired) electrons. The van der Waals surface area contributed by atoms with Crippen LogP contribution in [0, 0.1) is 5.92 Å². The van der Waals surface area contributed by atoms with E-state index in [-0.39, 0.29) is 0 Å². The van der Waals surface area contributed by atoms with Gasteiger partial charge in [-0.2, -0.15) is 8.42 Å². The zero-order valence-corrected chi connectivity index (χ0v) is 16.3. The normalized spacial score (nSPS) is 12.7. The first-order valence-corrected chi connectivity index (χ1v) is 10.8. The molecule has 0 spiro atoms. The first-order valence-electron chi connectivity index (χ1n) is 8.01. The maximum atomic E-state index is 8.74. The maximum Gasteiger partial charge on any atom is 0.394 e. The molecule has 0 rings (SSSR count). The van der Waals surface area contributed by atoms with Gasteiger partial charge in [0.25, 0.3) is 0 Å². The van der Waals surface area contributed by atoms with Gasteiger partial charge in [-0.15, -0.1) is 0 Å². The van der Waals surface area contributed by atoms with Gasteiger partial charge in [0.05, 0.1) is 0 Å². The molecule has 0 bridgehead atoms. The van der Waals surface area contributed by atoms with Gasteiger partial charge in [0.2, 0.25) is 0 Å². The zero-order chi connectivity index (χ0) is 15.9. The van der Waals surface area contributed by atoms with Crippen molar-refractivity contribution in [2.75, 3.05) is 0 Å². The van der Waals surface area contributed by atoms with Gasteiger partial charge in [-0.05, 0) is 0 Å². The second-order valence-electron chi connectivity index (χ2n) is 5.61. The molecule has 20 heavy (non-hydrogen) atoms. The first-order chi connectivity index (χ1) is 9.31. The van der Waals surface area contributed by atoms with Crippen LogP contribution in [0.4, 0.5) is 0 Å². The van der Waals surface area contributed by atoms with E-state index in [9.17, 15) is 0 Å². The van der Waals surface area contributed by atoms with E-state index in [4.69, 9.17) is 17.5 Å².